The van der Waals surface area contributed by atoms with Crippen molar-refractivity contribution in [3.8, 4) is 11.5 Å². The average molecular weight is 336 g/mol. The van der Waals surface area contributed by atoms with Gasteiger partial charge in [0.1, 0.15) is 11.5 Å². The van der Waals surface area contributed by atoms with E-state index in [-0.39, 0.29) is 22.8 Å². The fourth-order valence-electron chi connectivity index (χ4n) is 1.64. The van der Waals surface area contributed by atoms with Crippen LogP contribution in [0.5, 0.6) is 11.5 Å². The fourth-order valence-corrected chi connectivity index (χ4v) is 2.01. The highest BCUT2D eigenvalue weighted by atomic mass is 79.9. The molecule has 0 spiro atoms. The van der Waals surface area contributed by atoms with Crippen LogP contribution in [-0.2, 0) is 0 Å². The molecule has 2 rings (SSSR count). The van der Waals surface area contributed by atoms with Crippen LogP contribution in [0.15, 0.2) is 46.9 Å². The zero-order valence-electron chi connectivity index (χ0n) is 10.5. The predicted octanol–water partition coefficient (Wildman–Crippen LogP) is 4.35. The third-order valence-corrected chi connectivity index (χ3v) is 3.26. The molecule has 0 aliphatic carbocycles. The summed E-state index contributed by atoms with van der Waals surface area (Å²) in [7, 11) is 0. The summed E-state index contributed by atoms with van der Waals surface area (Å²) in [4.78, 5) is 21.8. The predicted molar refractivity (Wildman–Crippen MR) is 77.3 cm³/mol. The van der Waals surface area contributed by atoms with E-state index in [0.29, 0.717) is 5.75 Å². The Morgan fingerprint density at radius 2 is 1.90 bits per heavy atom. The second-order valence-corrected chi connectivity index (χ2v) is 4.88. The first-order valence-corrected chi connectivity index (χ1v) is 6.50. The Kier molecular flexibility index (Phi) is 4.14. The molecule has 102 valence electrons. The number of para-hydroxylation sites is 1. The molecule has 0 aliphatic heterocycles. The lowest BCUT2D eigenvalue weighted by Crippen LogP contribution is -1.99. The first-order valence-electron chi connectivity index (χ1n) is 5.71. The normalized spacial score (nSPS) is 10.1. The van der Waals surface area contributed by atoms with Gasteiger partial charge < -0.3 is 4.74 Å². The number of non-ortho nitro benzene ring substituents is 1. The Morgan fingerprint density at radius 3 is 2.50 bits per heavy atom. The van der Waals surface area contributed by atoms with Crippen LogP contribution in [0.4, 0.5) is 5.69 Å². The van der Waals surface area contributed by atoms with Gasteiger partial charge in [0.15, 0.2) is 5.78 Å². The van der Waals surface area contributed by atoms with E-state index in [2.05, 4.69) is 15.9 Å². The smallest absolute Gasteiger partial charge is 0.270 e. The van der Waals surface area contributed by atoms with E-state index in [1.165, 1.54) is 25.1 Å². The van der Waals surface area contributed by atoms with Crippen LogP contribution in [0.25, 0.3) is 0 Å². The zero-order chi connectivity index (χ0) is 14.7. The summed E-state index contributed by atoms with van der Waals surface area (Å²) in [6, 6.07) is 11.1. The van der Waals surface area contributed by atoms with Crippen LogP contribution >= 0.6 is 15.9 Å². The van der Waals surface area contributed by atoms with Crippen LogP contribution < -0.4 is 4.74 Å². The minimum Gasteiger partial charge on any atom is -0.455 e. The van der Waals surface area contributed by atoms with Crippen molar-refractivity contribution in [3.63, 3.8) is 0 Å². The second kappa shape index (κ2) is 5.83. The van der Waals surface area contributed by atoms with Crippen LogP contribution in [0.1, 0.15) is 17.3 Å². The first-order chi connectivity index (χ1) is 9.49. The van der Waals surface area contributed by atoms with E-state index in [4.69, 9.17) is 4.74 Å². The number of nitro benzene ring substituents is 1. The van der Waals surface area contributed by atoms with Crippen LogP contribution in [0, 0.1) is 10.1 Å². The molecule has 5 nitrogen and oxygen atoms in total. The van der Waals surface area contributed by atoms with Gasteiger partial charge in [0, 0.05) is 12.1 Å². The number of ether oxygens (including phenoxy) is 1. The Hall–Kier alpha value is -2.21. The number of rotatable bonds is 4. The van der Waals surface area contributed by atoms with Crippen LogP contribution in [0.2, 0.25) is 0 Å². The van der Waals surface area contributed by atoms with E-state index < -0.39 is 4.92 Å². The molecule has 0 radical (unpaired) electrons. The topological polar surface area (TPSA) is 69.4 Å². The SMILES string of the molecule is CC(=O)c1cc([N+](=O)[O-])ccc1Oc1ccccc1Br. The largest absolute Gasteiger partial charge is 0.455 e. The summed E-state index contributed by atoms with van der Waals surface area (Å²) < 4.78 is 6.38. The Labute approximate surface area is 123 Å². The maximum absolute atomic E-state index is 11.6. The number of nitro groups is 1. The quantitative estimate of drug-likeness (QED) is 0.473. The maximum Gasteiger partial charge on any atom is 0.270 e. The molecule has 0 saturated carbocycles. The van der Waals surface area contributed by atoms with Gasteiger partial charge in [-0.2, -0.15) is 0 Å². The van der Waals surface area contributed by atoms with E-state index >= 15 is 0 Å². The Morgan fingerprint density at radius 1 is 1.20 bits per heavy atom. The number of hydrogen-bond acceptors (Lipinski definition) is 4. The van der Waals surface area contributed by atoms with E-state index in [0.717, 1.165) is 4.47 Å². The van der Waals surface area contributed by atoms with Crippen molar-refractivity contribution in [3.05, 3.63) is 62.6 Å². The number of halogens is 1. The van der Waals surface area contributed by atoms with E-state index in [1.54, 1.807) is 18.2 Å². The summed E-state index contributed by atoms with van der Waals surface area (Å²) in [6.07, 6.45) is 0. The molecule has 2 aromatic carbocycles. The number of carbonyl (C=O) groups is 1. The van der Waals surface area contributed by atoms with Gasteiger partial charge in [-0.15, -0.1) is 0 Å². The molecular weight excluding hydrogens is 326 g/mol. The molecular formula is C14H10BrNO4. The van der Waals surface area contributed by atoms with Crippen molar-refractivity contribution >= 4 is 27.4 Å². The minimum absolute atomic E-state index is 0.144. The third kappa shape index (κ3) is 3.03. The van der Waals surface area contributed by atoms with Crippen molar-refractivity contribution in [2.24, 2.45) is 0 Å². The molecule has 0 heterocycles. The molecule has 2 aromatic rings. The summed E-state index contributed by atoms with van der Waals surface area (Å²) in [5.41, 5.74) is 0.0321. The average Bonchev–Trinajstić information content (AvgIpc) is 2.41. The second-order valence-electron chi connectivity index (χ2n) is 4.03. The lowest BCUT2D eigenvalue weighted by atomic mass is 10.1. The highest BCUT2D eigenvalue weighted by molar-refractivity contribution is 9.10. The lowest BCUT2D eigenvalue weighted by molar-refractivity contribution is -0.384. The Bertz CT molecular complexity index is 685. The van der Waals surface area contributed by atoms with Gasteiger partial charge in [-0.25, -0.2) is 0 Å². The number of nitrogens with zero attached hydrogens (tertiary/aromatic N) is 1. The van der Waals surface area contributed by atoms with Gasteiger partial charge >= 0.3 is 0 Å². The number of carbonyl (C=O) groups excluding carboxylic acids is 1. The third-order valence-electron chi connectivity index (χ3n) is 2.61. The monoisotopic (exact) mass is 335 g/mol. The Balaban J connectivity index is 2.44. The summed E-state index contributed by atoms with van der Waals surface area (Å²) in [5, 5.41) is 10.7. The molecule has 0 bridgehead atoms. The zero-order valence-corrected chi connectivity index (χ0v) is 12.1. The highest BCUT2D eigenvalue weighted by Gasteiger charge is 2.16. The lowest BCUT2D eigenvalue weighted by Gasteiger charge is -2.10. The molecule has 0 aliphatic rings. The standard InChI is InChI=1S/C14H10BrNO4/c1-9(17)11-8-10(16(18)19)6-7-13(11)20-14-5-3-2-4-12(14)15/h2-8H,1H3. The molecule has 6 heteroatoms. The number of hydrogen-bond donors (Lipinski definition) is 0. The first kappa shape index (κ1) is 14.2. The summed E-state index contributed by atoms with van der Waals surface area (Å²) in [5.74, 6) is 0.523. The molecule has 0 saturated heterocycles. The van der Waals surface area contributed by atoms with Crippen molar-refractivity contribution < 1.29 is 14.5 Å². The van der Waals surface area contributed by atoms with Gasteiger partial charge in [0.2, 0.25) is 0 Å². The van der Waals surface area contributed by atoms with Crippen molar-refractivity contribution in [1.82, 2.24) is 0 Å². The van der Waals surface area contributed by atoms with Crippen LogP contribution in [-0.4, -0.2) is 10.7 Å². The number of ketones is 1. The molecule has 0 amide bonds. The molecule has 0 N–H and O–H groups in total. The summed E-state index contributed by atoms with van der Waals surface area (Å²) >= 11 is 3.33. The van der Waals surface area contributed by atoms with Gasteiger partial charge in [-0.3, -0.25) is 14.9 Å². The van der Waals surface area contributed by atoms with Gasteiger partial charge in [0.05, 0.1) is 15.0 Å². The van der Waals surface area contributed by atoms with Gasteiger partial charge in [0.25, 0.3) is 5.69 Å². The fraction of sp³-hybridized carbons (Fsp3) is 0.0714. The summed E-state index contributed by atoms with van der Waals surface area (Å²) in [6.45, 7) is 1.34. The van der Waals surface area contributed by atoms with Gasteiger partial charge in [-0.05, 0) is 41.1 Å². The molecule has 0 aromatic heterocycles. The molecule has 0 atom stereocenters. The van der Waals surface area contributed by atoms with Gasteiger partial charge in [-0.1, -0.05) is 12.1 Å². The minimum atomic E-state index is -0.547. The van der Waals surface area contributed by atoms with Crippen molar-refractivity contribution in [2.45, 2.75) is 6.92 Å². The molecule has 0 fully saturated rings. The van der Waals surface area contributed by atoms with E-state index in [1.807, 2.05) is 6.07 Å². The number of benzene rings is 2. The van der Waals surface area contributed by atoms with Crippen LogP contribution in [0.3, 0.4) is 0 Å². The molecule has 20 heavy (non-hydrogen) atoms. The highest BCUT2D eigenvalue weighted by Crippen LogP contribution is 2.33. The number of Topliss-reactive ketones (excluding diaryl/α,β-unsaturated/α-hetero) is 1. The van der Waals surface area contributed by atoms with Crippen molar-refractivity contribution in [2.75, 3.05) is 0 Å². The van der Waals surface area contributed by atoms with Crippen molar-refractivity contribution in [1.29, 1.82) is 0 Å². The maximum atomic E-state index is 11.6. The molecule has 0 unspecified atom stereocenters. The van der Waals surface area contributed by atoms with E-state index in [9.17, 15) is 14.9 Å².